The fraction of sp³-hybridized carbons (Fsp3) is 0.655. The van der Waals surface area contributed by atoms with Crippen molar-refractivity contribution in [3.63, 3.8) is 0 Å². The number of benzene rings is 1. The largest absolute Gasteiger partial charge is 0.489 e. The Morgan fingerprint density at radius 1 is 0.839 bits per heavy atom. The lowest BCUT2D eigenvalue weighted by molar-refractivity contribution is 0.0717. The lowest BCUT2D eigenvalue weighted by atomic mass is 9.61. The predicted octanol–water partition coefficient (Wildman–Crippen LogP) is 8.46. The van der Waals surface area contributed by atoms with Crippen LogP contribution in [0.1, 0.15) is 89.5 Å². The van der Waals surface area contributed by atoms with Crippen LogP contribution >= 0.6 is 0 Å². The van der Waals surface area contributed by atoms with Crippen LogP contribution in [0.2, 0.25) is 0 Å². The van der Waals surface area contributed by atoms with Crippen molar-refractivity contribution >= 4 is 0 Å². The molecule has 0 amide bonds. The van der Waals surface area contributed by atoms with Crippen LogP contribution in [0.15, 0.2) is 42.5 Å². The summed E-state index contributed by atoms with van der Waals surface area (Å²) in [5.41, 5.74) is 0.905. The maximum atomic E-state index is 14.8. The first-order chi connectivity index (χ1) is 15.2. The van der Waals surface area contributed by atoms with E-state index in [4.69, 9.17) is 4.74 Å². The summed E-state index contributed by atoms with van der Waals surface area (Å²) >= 11 is 0. The second-order valence-corrected chi connectivity index (χ2v) is 10.4. The molecule has 0 spiro atoms. The number of fused-ring (bicyclic) bond motifs is 1. The van der Waals surface area contributed by atoms with Gasteiger partial charge in [0.05, 0.1) is 0 Å². The third kappa shape index (κ3) is 5.62. The lowest BCUT2D eigenvalue weighted by Gasteiger charge is -2.45. The molecule has 3 fully saturated rings. The molecule has 1 nitrogen and oxygen atoms in total. The second kappa shape index (κ2) is 10.8. The SMILES string of the molecule is C/C=C/COc1ccc(C2CCC(C3CCC4CC(/C=C/C)CCC4C3)CC2)c(F)c1. The monoisotopic (exact) mass is 424 g/mol. The molecule has 0 heterocycles. The highest BCUT2D eigenvalue weighted by Crippen LogP contribution is 2.50. The van der Waals surface area contributed by atoms with Crippen LogP contribution in [-0.2, 0) is 0 Å². The Hall–Kier alpha value is -1.57. The molecule has 2 heteroatoms. The molecule has 3 saturated carbocycles. The van der Waals surface area contributed by atoms with Crippen LogP contribution in [0, 0.1) is 35.4 Å². The fourth-order valence-electron chi connectivity index (χ4n) is 6.91. The topological polar surface area (TPSA) is 9.23 Å². The van der Waals surface area contributed by atoms with Gasteiger partial charge in [0.25, 0.3) is 0 Å². The van der Waals surface area contributed by atoms with Gasteiger partial charge in [-0.25, -0.2) is 4.39 Å². The van der Waals surface area contributed by atoms with E-state index < -0.39 is 0 Å². The lowest BCUT2D eigenvalue weighted by Crippen LogP contribution is -2.34. The first-order valence-corrected chi connectivity index (χ1v) is 12.8. The van der Waals surface area contributed by atoms with Crippen LogP contribution in [0.4, 0.5) is 4.39 Å². The Morgan fingerprint density at radius 3 is 2.23 bits per heavy atom. The van der Waals surface area contributed by atoms with Crippen molar-refractivity contribution in [2.75, 3.05) is 6.61 Å². The van der Waals surface area contributed by atoms with E-state index in [2.05, 4.69) is 19.1 Å². The number of ether oxygens (including phenoxy) is 1. The smallest absolute Gasteiger partial charge is 0.130 e. The van der Waals surface area contributed by atoms with Crippen LogP contribution < -0.4 is 4.74 Å². The highest BCUT2D eigenvalue weighted by Gasteiger charge is 2.38. The van der Waals surface area contributed by atoms with Gasteiger partial charge in [0.15, 0.2) is 0 Å². The maximum Gasteiger partial charge on any atom is 0.130 e. The van der Waals surface area contributed by atoms with Gasteiger partial charge in [-0.05, 0) is 125 Å². The zero-order chi connectivity index (χ0) is 21.6. The summed E-state index contributed by atoms with van der Waals surface area (Å²) < 4.78 is 20.4. The molecule has 3 aliphatic rings. The van der Waals surface area contributed by atoms with E-state index in [1.165, 1.54) is 51.4 Å². The van der Waals surface area contributed by atoms with Gasteiger partial charge in [0.2, 0.25) is 0 Å². The number of halogens is 1. The Labute approximate surface area is 189 Å². The summed E-state index contributed by atoms with van der Waals surface area (Å²) in [6, 6.07) is 5.50. The second-order valence-electron chi connectivity index (χ2n) is 10.4. The molecule has 0 radical (unpaired) electrons. The molecule has 4 atom stereocenters. The highest BCUT2D eigenvalue weighted by molar-refractivity contribution is 5.31. The highest BCUT2D eigenvalue weighted by atomic mass is 19.1. The summed E-state index contributed by atoms with van der Waals surface area (Å²) in [7, 11) is 0. The predicted molar refractivity (Wildman–Crippen MR) is 128 cm³/mol. The van der Waals surface area contributed by atoms with Gasteiger partial charge in [-0.1, -0.05) is 30.4 Å². The molecule has 0 N–H and O–H groups in total. The molecule has 3 aliphatic carbocycles. The van der Waals surface area contributed by atoms with Crippen molar-refractivity contribution in [2.45, 2.75) is 84.0 Å². The fourth-order valence-corrected chi connectivity index (χ4v) is 6.91. The van der Waals surface area contributed by atoms with Crippen LogP contribution in [0.5, 0.6) is 5.75 Å². The molecule has 0 aromatic heterocycles. The van der Waals surface area contributed by atoms with E-state index in [0.29, 0.717) is 18.3 Å². The molecule has 4 unspecified atom stereocenters. The van der Waals surface area contributed by atoms with Crippen LogP contribution in [0.25, 0.3) is 0 Å². The summed E-state index contributed by atoms with van der Waals surface area (Å²) in [6.45, 7) is 4.63. The molecular weight excluding hydrogens is 383 g/mol. The maximum absolute atomic E-state index is 14.8. The zero-order valence-corrected chi connectivity index (χ0v) is 19.6. The van der Waals surface area contributed by atoms with Crippen molar-refractivity contribution in [3.05, 3.63) is 53.9 Å². The van der Waals surface area contributed by atoms with Gasteiger partial charge in [-0.15, -0.1) is 0 Å². The van der Waals surface area contributed by atoms with E-state index >= 15 is 0 Å². The van der Waals surface area contributed by atoms with E-state index in [1.807, 2.05) is 31.2 Å². The van der Waals surface area contributed by atoms with Crippen molar-refractivity contribution < 1.29 is 9.13 Å². The Morgan fingerprint density at radius 2 is 1.52 bits per heavy atom. The van der Waals surface area contributed by atoms with Crippen LogP contribution in [-0.4, -0.2) is 6.61 Å². The number of hydrogen-bond donors (Lipinski definition) is 0. The summed E-state index contributed by atoms with van der Waals surface area (Å²) in [5.74, 6) is 5.52. The van der Waals surface area contributed by atoms with E-state index in [0.717, 1.165) is 48.0 Å². The number of allylic oxidation sites excluding steroid dienone is 3. The van der Waals surface area contributed by atoms with E-state index in [1.54, 1.807) is 6.07 Å². The molecular formula is C29H41FO. The van der Waals surface area contributed by atoms with Gasteiger partial charge in [0.1, 0.15) is 18.2 Å². The quantitative estimate of drug-likeness (QED) is 0.416. The molecule has 1 aromatic rings. The average molecular weight is 425 g/mol. The third-order valence-corrected chi connectivity index (χ3v) is 8.59. The van der Waals surface area contributed by atoms with Gasteiger partial charge >= 0.3 is 0 Å². The Balaban J connectivity index is 1.27. The third-order valence-electron chi connectivity index (χ3n) is 8.59. The van der Waals surface area contributed by atoms with E-state index in [9.17, 15) is 4.39 Å². The van der Waals surface area contributed by atoms with Gasteiger partial charge in [-0.2, -0.15) is 0 Å². The molecule has 0 aliphatic heterocycles. The minimum atomic E-state index is -0.0835. The molecule has 4 rings (SSSR count). The van der Waals surface area contributed by atoms with Gasteiger partial charge in [-0.3, -0.25) is 0 Å². The van der Waals surface area contributed by atoms with Crippen LogP contribution in [0.3, 0.4) is 0 Å². The van der Waals surface area contributed by atoms with Crippen molar-refractivity contribution in [1.82, 2.24) is 0 Å². The van der Waals surface area contributed by atoms with E-state index in [-0.39, 0.29) is 5.82 Å². The first-order valence-electron chi connectivity index (χ1n) is 12.8. The number of hydrogen-bond acceptors (Lipinski definition) is 1. The minimum absolute atomic E-state index is 0.0835. The Kier molecular flexibility index (Phi) is 7.91. The summed E-state index contributed by atoms with van der Waals surface area (Å²) in [6.07, 6.45) is 22.1. The summed E-state index contributed by atoms with van der Waals surface area (Å²) in [4.78, 5) is 0. The molecule has 1 aromatic carbocycles. The van der Waals surface area contributed by atoms with Gasteiger partial charge < -0.3 is 4.74 Å². The average Bonchev–Trinajstić information content (AvgIpc) is 2.79. The molecule has 0 bridgehead atoms. The zero-order valence-electron chi connectivity index (χ0n) is 19.6. The van der Waals surface area contributed by atoms with Crippen molar-refractivity contribution in [3.8, 4) is 5.75 Å². The first kappa shape index (κ1) is 22.6. The van der Waals surface area contributed by atoms with Crippen molar-refractivity contribution in [2.24, 2.45) is 29.6 Å². The summed E-state index contributed by atoms with van der Waals surface area (Å²) in [5, 5.41) is 0. The minimum Gasteiger partial charge on any atom is -0.489 e. The normalized spacial score (nSPS) is 34.2. The molecule has 170 valence electrons. The standard InChI is InChI=1S/C29H41FO/c1-3-5-17-31-27-15-16-28(29(30)20-27)23-11-9-22(10-12-23)25-14-13-24-18-21(6-4-2)7-8-26(24)19-25/h3-6,15-16,20-26H,7-14,17-19H2,1-2H3/b5-3+,6-4+. The van der Waals surface area contributed by atoms with Gasteiger partial charge in [0, 0.05) is 6.07 Å². The Bertz CT molecular complexity index is 758. The number of rotatable bonds is 6. The van der Waals surface area contributed by atoms with Crippen molar-refractivity contribution in [1.29, 1.82) is 0 Å². The molecule has 0 saturated heterocycles. The molecule has 31 heavy (non-hydrogen) atoms.